The summed E-state index contributed by atoms with van der Waals surface area (Å²) in [5, 5.41) is 11.3. The highest BCUT2D eigenvalue weighted by atomic mass is 16.2. The summed E-state index contributed by atoms with van der Waals surface area (Å²) in [5.41, 5.74) is 24.2. The van der Waals surface area contributed by atoms with Gasteiger partial charge in [0.2, 0.25) is 47.3 Å². The van der Waals surface area contributed by atoms with E-state index in [2.05, 4.69) is 31.2 Å². The number of aliphatic imine (C=N–C) groups is 1. The molecule has 0 spiro atoms. The highest BCUT2D eigenvalue weighted by molar-refractivity contribution is 5.95. The number of aromatic nitrogens is 1. The lowest BCUT2D eigenvalue weighted by Crippen LogP contribution is -2.56. The molecule has 3 rings (SSSR count). The molecule has 1 aromatic heterocycles. The Hall–Kier alpha value is -7.03. The number of nitrogens with two attached hydrogens (primary N) is 4. The van der Waals surface area contributed by atoms with Crippen LogP contribution in [0, 0.1) is 0 Å². The van der Waals surface area contributed by atoms with Crippen LogP contribution in [0.25, 0.3) is 10.9 Å². The van der Waals surface area contributed by atoms with Crippen molar-refractivity contribution in [3.05, 3.63) is 71.9 Å². The molecule has 0 radical (unpaired) electrons. The van der Waals surface area contributed by atoms with E-state index in [1.54, 1.807) is 36.5 Å². The van der Waals surface area contributed by atoms with Gasteiger partial charge in [0, 0.05) is 63.0 Å². The average molecular weight is 904 g/mol. The van der Waals surface area contributed by atoms with Gasteiger partial charge in [0.15, 0.2) is 5.96 Å². The van der Waals surface area contributed by atoms with Crippen molar-refractivity contribution >= 4 is 64.1 Å². The number of fused-ring (bicyclic) bond motifs is 1. The molecule has 0 unspecified atom stereocenters. The smallest absolute Gasteiger partial charge is 0.245 e. The monoisotopic (exact) mass is 904 g/mol. The summed E-state index contributed by atoms with van der Waals surface area (Å²) in [4.78, 5) is 117. The van der Waals surface area contributed by atoms with E-state index in [9.17, 15) is 38.4 Å². The summed E-state index contributed by atoms with van der Waals surface area (Å²) in [6.45, 7) is 2.05. The van der Waals surface area contributed by atoms with Gasteiger partial charge < -0.3 is 63.9 Å². The number of H-pyrrole nitrogens is 1. The van der Waals surface area contributed by atoms with Crippen molar-refractivity contribution in [3.63, 3.8) is 0 Å². The fraction of sp³-hybridized carbons (Fsp3) is 0.477. The van der Waals surface area contributed by atoms with E-state index in [4.69, 9.17) is 22.9 Å². The number of guanidine groups is 1. The zero-order chi connectivity index (χ0) is 47.7. The number of para-hydroxylation sites is 1. The SMILES string of the molecule is CCCCN(CC(=O)NCC(=O)N(CCCCN)CC(=O)N[C@@H](Cc1ccccc1)C(=O)N(CCCN=C(N)N)CC(=O)N[C@@H](Cc1c[nH]c2ccccc12)C(=O)NCC(N)=O)C(C)=O. The maximum atomic E-state index is 14.6. The summed E-state index contributed by atoms with van der Waals surface area (Å²) >= 11 is 0. The lowest BCUT2D eigenvalue weighted by atomic mass is 10.0. The normalized spacial score (nSPS) is 11.7. The molecule has 21 heteroatoms. The Morgan fingerprint density at radius 3 is 1.98 bits per heavy atom. The Kier molecular flexibility index (Phi) is 22.5. The van der Waals surface area contributed by atoms with Crippen LogP contribution < -0.4 is 44.2 Å². The van der Waals surface area contributed by atoms with Crippen LogP contribution in [0.3, 0.4) is 0 Å². The van der Waals surface area contributed by atoms with E-state index in [0.29, 0.717) is 43.5 Å². The zero-order valence-corrected chi connectivity index (χ0v) is 37.3. The Labute approximate surface area is 378 Å². The minimum atomic E-state index is -1.25. The summed E-state index contributed by atoms with van der Waals surface area (Å²) in [5.74, 6) is -5.09. The van der Waals surface area contributed by atoms with Crippen molar-refractivity contribution in [1.29, 1.82) is 0 Å². The molecule has 13 N–H and O–H groups in total. The quantitative estimate of drug-likeness (QED) is 0.0216. The first-order valence-electron chi connectivity index (χ1n) is 21.7. The zero-order valence-electron chi connectivity index (χ0n) is 37.3. The number of carbonyl (C=O) groups is 8. The van der Waals surface area contributed by atoms with Gasteiger partial charge in [-0.3, -0.25) is 43.3 Å². The van der Waals surface area contributed by atoms with Gasteiger partial charge in [0.05, 0.1) is 32.7 Å². The summed E-state index contributed by atoms with van der Waals surface area (Å²) in [7, 11) is 0. The molecular weight excluding hydrogens is 839 g/mol. The van der Waals surface area contributed by atoms with E-state index < -0.39 is 79.6 Å². The van der Waals surface area contributed by atoms with Crippen molar-refractivity contribution in [2.45, 2.75) is 70.9 Å². The van der Waals surface area contributed by atoms with E-state index >= 15 is 0 Å². The molecule has 0 bridgehead atoms. The fourth-order valence-electron chi connectivity index (χ4n) is 6.81. The number of rotatable bonds is 29. The molecule has 21 nitrogen and oxygen atoms in total. The molecule has 0 aliphatic carbocycles. The first kappa shape index (κ1) is 52.3. The number of carbonyl (C=O) groups excluding carboxylic acids is 8. The van der Waals surface area contributed by atoms with Gasteiger partial charge in [-0.25, -0.2) is 0 Å². The molecule has 2 atom stereocenters. The van der Waals surface area contributed by atoms with Gasteiger partial charge >= 0.3 is 0 Å². The van der Waals surface area contributed by atoms with Crippen molar-refractivity contribution in [3.8, 4) is 0 Å². The van der Waals surface area contributed by atoms with E-state index in [0.717, 1.165) is 17.3 Å². The summed E-state index contributed by atoms with van der Waals surface area (Å²) < 4.78 is 0. The van der Waals surface area contributed by atoms with Crippen LogP contribution >= 0.6 is 0 Å². The maximum Gasteiger partial charge on any atom is 0.245 e. The molecule has 8 amide bonds. The lowest BCUT2D eigenvalue weighted by Gasteiger charge is -2.29. The number of nitrogens with zero attached hydrogens (tertiary/aromatic N) is 4. The van der Waals surface area contributed by atoms with Gasteiger partial charge in [0.25, 0.3) is 0 Å². The van der Waals surface area contributed by atoms with Gasteiger partial charge in [-0.2, -0.15) is 0 Å². The minimum Gasteiger partial charge on any atom is -0.370 e. The molecule has 0 fully saturated rings. The molecule has 0 aliphatic heterocycles. The van der Waals surface area contributed by atoms with Crippen LogP contribution in [0.5, 0.6) is 0 Å². The number of hydrogen-bond donors (Lipinski definition) is 9. The molecule has 0 saturated heterocycles. The standard InChI is InChI=1S/C44H65N13O8/c1-3-4-19-55(30(2)58)27-38(60)51-26-41(63)56(20-11-10-17-45)28-39(61)54-36(22-31-13-6-5-7-14-31)43(65)57(21-12-18-49-44(47)48)29-40(62)53-35(42(64)52-25-37(46)59)23-32-24-50-34-16-9-8-15-33(32)34/h5-9,13-16,24,35-36,50H,3-4,10-12,17-23,25-29,45H2,1-2H3,(H2,46,59)(H,51,60)(H,52,64)(H,53,62)(H,54,61)(H4,47,48,49)/t35-,36-/m0/s1. The van der Waals surface area contributed by atoms with Crippen LogP contribution in [-0.2, 0) is 51.2 Å². The minimum absolute atomic E-state index is 0.00198. The summed E-state index contributed by atoms with van der Waals surface area (Å²) in [6.07, 6.45) is 4.46. The molecule has 3 aromatic rings. The highest BCUT2D eigenvalue weighted by Crippen LogP contribution is 2.19. The second kappa shape index (κ2) is 27.9. The molecule has 2 aromatic carbocycles. The van der Waals surface area contributed by atoms with Gasteiger partial charge in [-0.1, -0.05) is 61.9 Å². The van der Waals surface area contributed by atoms with Crippen LogP contribution in [0.1, 0.15) is 57.1 Å². The maximum absolute atomic E-state index is 14.6. The van der Waals surface area contributed by atoms with E-state index in [-0.39, 0.29) is 57.3 Å². The van der Waals surface area contributed by atoms with Crippen LogP contribution in [0.4, 0.5) is 0 Å². The number of unbranched alkanes of at least 4 members (excludes halogenated alkanes) is 2. The highest BCUT2D eigenvalue weighted by Gasteiger charge is 2.31. The third kappa shape index (κ3) is 19.1. The third-order valence-electron chi connectivity index (χ3n) is 10.2. The molecule has 65 heavy (non-hydrogen) atoms. The third-order valence-corrected chi connectivity index (χ3v) is 10.2. The van der Waals surface area contributed by atoms with Crippen molar-refractivity contribution in [1.82, 2.24) is 41.0 Å². The van der Waals surface area contributed by atoms with Gasteiger partial charge in [-0.15, -0.1) is 0 Å². The second-order valence-electron chi connectivity index (χ2n) is 15.5. The number of benzene rings is 2. The van der Waals surface area contributed by atoms with Crippen molar-refractivity contribution in [2.75, 3.05) is 65.4 Å². The molecule has 0 aliphatic rings. The van der Waals surface area contributed by atoms with Gasteiger partial charge in [0.1, 0.15) is 12.1 Å². The van der Waals surface area contributed by atoms with Gasteiger partial charge in [-0.05, 0) is 49.4 Å². The Morgan fingerprint density at radius 1 is 0.692 bits per heavy atom. The number of aromatic amines is 1. The Balaban J connectivity index is 1.86. The summed E-state index contributed by atoms with van der Waals surface area (Å²) in [6, 6.07) is 13.8. The van der Waals surface area contributed by atoms with Crippen LogP contribution in [0.2, 0.25) is 0 Å². The Bertz CT molecular complexity index is 2090. The predicted molar refractivity (Wildman–Crippen MR) is 245 cm³/mol. The molecular formula is C44H65N13O8. The first-order chi connectivity index (χ1) is 31.1. The second-order valence-corrected chi connectivity index (χ2v) is 15.5. The molecule has 354 valence electrons. The van der Waals surface area contributed by atoms with Crippen LogP contribution in [0.15, 0.2) is 65.8 Å². The topological polar surface area (TPSA) is 327 Å². The number of primary amides is 1. The fourth-order valence-corrected chi connectivity index (χ4v) is 6.81. The van der Waals surface area contributed by atoms with Crippen molar-refractivity contribution < 1.29 is 38.4 Å². The van der Waals surface area contributed by atoms with E-state index in [1.165, 1.54) is 21.6 Å². The molecule has 0 saturated carbocycles. The largest absolute Gasteiger partial charge is 0.370 e. The first-order valence-corrected chi connectivity index (χ1v) is 21.7. The number of hydrogen-bond acceptors (Lipinski definition) is 10. The molecule has 1 heterocycles. The number of nitrogens with one attached hydrogen (secondary N) is 5. The van der Waals surface area contributed by atoms with Crippen LogP contribution in [-0.4, -0.2) is 150 Å². The van der Waals surface area contributed by atoms with Crippen molar-refractivity contribution in [2.24, 2.45) is 27.9 Å². The van der Waals surface area contributed by atoms with E-state index in [1.807, 2.05) is 31.2 Å². The lowest BCUT2D eigenvalue weighted by molar-refractivity contribution is -0.141. The Morgan fingerprint density at radius 2 is 1.32 bits per heavy atom. The predicted octanol–water partition coefficient (Wildman–Crippen LogP) is -1.65. The number of amides is 8. The average Bonchev–Trinajstić information content (AvgIpc) is 3.68.